The fraction of sp³-hybridized carbons (Fsp3) is 0.400. The number of carbonyl (C=O) groups excluding carboxylic acids is 1. The molecule has 0 radical (unpaired) electrons. The van der Waals surface area contributed by atoms with Crippen molar-refractivity contribution in [3.8, 4) is 11.5 Å². The van der Waals surface area contributed by atoms with Crippen molar-refractivity contribution in [3.63, 3.8) is 0 Å². The van der Waals surface area contributed by atoms with Crippen LogP contribution in [0.1, 0.15) is 50.7 Å². The van der Waals surface area contributed by atoms with Gasteiger partial charge in [-0.15, -0.1) is 0 Å². The first-order valence-corrected chi connectivity index (χ1v) is 11.7. The van der Waals surface area contributed by atoms with Crippen molar-refractivity contribution in [1.82, 2.24) is 20.2 Å². The van der Waals surface area contributed by atoms with Crippen LogP contribution in [0.2, 0.25) is 0 Å². The van der Waals surface area contributed by atoms with Crippen LogP contribution in [-0.2, 0) is 13.0 Å². The molecule has 1 aliphatic carbocycles. The third-order valence-corrected chi connectivity index (χ3v) is 6.66. The fourth-order valence-corrected chi connectivity index (χ4v) is 4.22. The summed E-state index contributed by atoms with van der Waals surface area (Å²) in [5.74, 6) is -1.74. The number of H-pyrrole nitrogens is 1. The van der Waals surface area contributed by atoms with Crippen LogP contribution in [0.25, 0.3) is 10.9 Å². The Morgan fingerprint density at radius 2 is 2.09 bits per heavy atom. The maximum atomic E-state index is 14.7. The van der Waals surface area contributed by atoms with Crippen LogP contribution in [-0.4, -0.2) is 51.1 Å². The van der Waals surface area contributed by atoms with Crippen molar-refractivity contribution >= 4 is 16.8 Å². The number of aromatic nitrogens is 2. The first kappa shape index (κ1) is 23.2. The molecule has 2 fully saturated rings. The van der Waals surface area contributed by atoms with Gasteiger partial charge in [0.2, 0.25) is 0 Å². The topological polar surface area (TPSA) is 108 Å². The fourth-order valence-electron chi connectivity index (χ4n) is 4.22. The molecule has 1 saturated heterocycles. The number of fused-ring (bicyclic) bond motifs is 3. The molecule has 10 heteroatoms. The molecule has 0 unspecified atom stereocenters. The van der Waals surface area contributed by atoms with Gasteiger partial charge in [-0.05, 0) is 44.4 Å². The number of hydrogen-bond acceptors (Lipinski definition) is 6. The average Bonchev–Trinajstić information content (AvgIpc) is 3.51. The number of rotatable bonds is 4. The highest BCUT2D eigenvalue weighted by Gasteiger charge is 2.27. The van der Waals surface area contributed by atoms with Gasteiger partial charge >= 0.3 is 0 Å². The number of hydrogen-bond donors (Lipinski definition) is 3. The van der Waals surface area contributed by atoms with Gasteiger partial charge < -0.3 is 20.1 Å². The summed E-state index contributed by atoms with van der Waals surface area (Å²) >= 11 is 0. The van der Waals surface area contributed by atoms with Crippen LogP contribution in [0.3, 0.4) is 0 Å². The number of amides is 1. The zero-order valence-electron chi connectivity index (χ0n) is 19.2. The maximum absolute atomic E-state index is 14.7. The molecule has 0 spiro atoms. The minimum Gasteiger partial charge on any atom is -0.504 e. The molecule has 0 bridgehead atoms. The van der Waals surface area contributed by atoms with E-state index in [4.69, 9.17) is 9.84 Å². The van der Waals surface area contributed by atoms with Crippen LogP contribution in [0.4, 0.5) is 8.78 Å². The van der Waals surface area contributed by atoms with Crippen LogP contribution in [0.5, 0.6) is 11.5 Å². The number of benzene rings is 1. The molecule has 188 valence electrons. The summed E-state index contributed by atoms with van der Waals surface area (Å²) in [6, 6.07) is 6.78. The van der Waals surface area contributed by atoms with Gasteiger partial charge in [0, 0.05) is 45.4 Å². The van der Waals surface area contributed by atoms with E-state index in [-0.39, 0.29) is 31.5 Å². The predicted molar refractivity (Wildman–Crippen MR) is 129 cm³/mol. The molecule has 35 heavy (non-hydrogen) atoms. The van der Waals surface area contributed by atoms with Crippen molar-refractivity contribution in [2.24, 2.45) is 0 Å². The van der Waals surface area contributed by atoms with Crippen molar-refractivity contribution in [1.29, 1.82) is 0 Å². The van der Waals surface area contributed by atoms with Gasteiger partial charge in [-0.2, -0.15) is 4.39 Å². The molecule has 1 atom stereocenters. The summed E-state index contributed by atoms with van der Waals surface area (Å²) in [6.07, 6.45) is 3.68. The molecule has 6 rings (SSSR count). The highest BCUT2D eigenvalue weighted by molar-refractivity contribution is 5.92. The van der Waals surface area contributed by atoms with Crippen molar-refractivity contribution in [2.75, 3.05) is 13.2 Å². The van der Waals surface area contributed by atoms with Crippen molar-refractivity contribution in [3.05, 3.63) is 63.2 Å². The van der Waals surface area contributed by atoms with E-state index in [2.05, 4.69) is 27.1 Å². The van der Waals surface area contributed by atoms with Gasteiger partial charge in [0.25, 0.3) is 17.4 Å². The number of ether oxygens (including phenoxy) is 1. The lowest BCUT2D eigenvalue weighted by Gasteiger charge is -2.38. The second-order valence-electron chi connectivity index (χ2n) is 9.18. The Balaban J connectivity index is 0.000000210. The second kappa shape index (κ2) is 9.26. The van der Waals surface area contributed by atoms with Crippen LogP contribution in [0, 0.1) is 11.8 Å². The Morgan fingerprint density at radius 1 is 1.29 bits per heavy atom. The van der Waals surface area contributed by atoms with Crippen LogP contribution >= 0.6 is 0 Å². The summed E-state index contributed by atoms with van der Waals surface area (Å²) < 4.78 is 33.0. The molecule has 3 aromatic rings. The zero-order valence-corrected chi connectivity index (χ0v) is 19.2. The largest absolute Gasteiger partial charge is 0.504 e. The van der Waals surface area contributed by atoms with E-state index in [0.29, 0.717) is 47.9 Å². The van der Waals surface area contributed by atoms with Gasteiger partial charge in [-0.1, -0.05) is 6.07 Å². The molecule has 4 heterocycles. The highest BCUT2D eigenvalue weighted by atomic mass is 19.1. The number of aromatic hydroxyl groups is 1. The number of carbonyl (C=O) groups is 1. The summed E-state index contributed by atoms with van der Waals surface area (Å²) in [5, 5.41) is 12.2. The molecule has 3 aliphatic rings. The molecule has 1 amide bonds. The molecule has 1 saturated carbocycles. The quantitative estimate of drug-likeness (QED) is 0.485. The Labute approximate surface area is 202 Å². The van der Waals surface area contributed by atoms with E-state index >= 15 is 0 Å². The lowest BCUT2D eigenvalue weighted by atomic mass is 10.0. The standard InChI is InChI=1S/C16H17FN2O2.C9H9FN2O2.2H2/c1-9-4-6-19(9)8-10-2-3-11-14(13(10)17)18-16(20)12-5-7-21-15(11)12;10-8-7(13)4-3-6(12-8)9(14)11-5-1-2-5;;/h2-3,9H,4-8H2,1H3,(H,18,20);3-5,13H,1-2H2,(H,11,14);2*1H/t9-;;;/m1.../s1. The van der Waals surface area contributed by atoms with Gasteiger partial charge in [0.05, 0.1) is 17.7 Å². The Kier molecular flexibility index (Phi) is 6.14. The summed E-state index contributed by atoms with van der Waals surface area (Å²) in [7, 11) is 0. The minimum atomic E-state index is -1.02. The third kappa shape index (κ3) is 4.70. The number of nitrogens with one attached hydrogen (secondary N) is 2. The molecular weight excluding hydrogens is 458 g/mol. The maximum Gasteiger partial charge on any atom is 0.270 e. The van der Waals surface area contributed by atoms with Gasteiger partial charge in [-0.3, -0.25) is 14.5 Å². The van der Waals surface area contributed by atoms with Gasteiger partial charge in [0.1, 0.15) is 11.4 Å². The first-order valence-electron chi connectivity index (χ1n) is 11.7. The van der Waals surface area contributed by atoms with Crippen LogP contribution in [0.15, 0.2) is 29.1 Å². The van der Waals surface area contributed by atoms with Crippen molar-refractivity contribution in [2.45, 2.75) is 51.2 Å². The second-order valence-corrected chi connectivity index (χ2v) is 9.18. The Bertz CT molecular complexity index is 1370. The molecule has 2 aromatic heterocycles. The predicted octanol–water partition coefficient (Wildman–Crippen LogP) is 3.51. The summed E-state index contributed by atoms with van der Waals surface area (Å²) in [5.41, 5.74) is 1.29. The number of aromatic amines is 1. The van der Waals surface area contributed by atoms with E-state index in [1.54, 1.807) is 0 Å². The minimum absolute atomic E-state index is 0. The number of nitrogens with zero attached hydrogens (tertiary/aromatic N) is 2. The molecule has 8 nitrogen and oxygen atoms in total. The molecule has 2 aliphatic heterocycles. The Morgan fingerprint density at radius 3 is 2.74 bits per heavy atom. The number of likely N-dealkylation sites (tertiary alicyclic amines) is 1. The van der Waals surface area contributed by atoms with E-state index in [1.165, 1.54) is 6.07 Å². The summed E-state index contributed by atoms with van der Waals surface area (Å²) in [4.78, 5) is 31.6. The molecular formula is C25H30F2N4O4. The zero-order chi connectivity index (χ0) is 24.7. The highest BCUT2D eigenvalue weighted by Crippen LogP contribution is 2.33. The SMILES string of the molecule is C[C@@H]1CCN1Cc1ccc2c3c(c(=O)[nH]c2c1F)CCO3.O=C(NC1CC1)c1ccc(O)c(F)n1.[HH].[HH]. The third-order valence-electron chi connectivity index (χ3n) is 6.66. The molecule has 1 aromatic carbocycles. The lowest BCUT2D eigenvalue weighted by molar-refractivity contribution is 0.0944. The van der Waals surface area contributed by atoms with E-state index in [9.17, 15) is 18.4 Å². The van der Waals surface area contributed by atoms with E-state index < -0.39 is 17.6 Å². The van der Waals surface area contributed by atoms with Gasteiger partial charge in [-0.25, -0.2) is 9.37 Å². The van der Waals surface area contributed by atoms with Crippen molar-refractivity contribution < 1.29 is 26.3 Å². The lowest BCUT2D eigenvalue weighted by Crippen LogP contribution is -2.44. The van der Waals surface area contributed by atoms with E-state index in [0.717, 1.165) is 31.9 Å². The van der Waals surface area contributed by atoms with Crippen LogP contribution < -0.4 is 15.6 Å². The average molecular weight is 489 g/mol. The summed E-state index contributed by atoms with van der Waals surface area (Å²) in [6.45, 7) is 4.22. The van der Waals surface area contributed by atoms with E-state index in [1.807, 2.05) is 12.1 Å². The monoisotopic (exact) mass is 488 g/mol. The van der Waals surface area contributed by atoms with Gasteiger partial charge in [0.15, 0.2) is 11.6 Å². The Hall–Kier alpha value is -3.53. The normalized spacial score (nSPS) is 18.8. The molecule has 3 N–H and O–H groups in total. The smallest absolute Gasteiger partial charge is 0.270 e. The number of halogens is 2. The number of pyridine rings is 2. The first-order chi connectivity index (χ1) is 16.8.